The first kappa shape index (κ1) is 21.8. The number of ether oxygens (including phenoxy) is 1. The number of thioether (sulfide) groups is 1. The largest absolute Gasteiger partial charge is 0.497 e. The number of rotatable bonds is 8. The summed E-state index contributed by atoms with van der Waals surface area (Å²) in [7, 11) is 3.36. The first-order chi connectivity index (χ1) is 14.4. The highest BCUT2D eigenvalue weighted by molar-refractivity contribution is 8.00. The topological polar surface area (TPSA) is 111 Å². The number of aryl methyl sites for hydroxylation is 1. The van der Waals surface area contributed by atoms with E-state index in [0.717, 1.165) is 5.69 Å². The van der Waals surface area contributed by atoms with Gasteiger partial charge in [0.25, 0.3) is 0 Å². The summed E-state index contributed by atoms with van der Waals surface area (Å²) >= 11 is 2.65. The number of nitrogens with zero attached hydrogens (tertiary/aromatic N) is 4. The van der Waals surface area contributed by atoms with Crippen LogP contribution >= 0.6 is 23.1 Å². The molecular formula is C19H22N6O3S2. The summed E-state index contributed by atoms with van der Waals surface area (Å²) < 4.78 is 6.82. The lowest BCUT2D eigenvalue weighted by atomic mass is 10.3. The minimum Gasteiger partial charge on any atom is -0.497 e. The molecule has 3 aromatic rings. The fourth-order valence-electron chi connectivity index (χ4n) is 2.45. The minimum absolute atomic E-state index is 0.0645. The van der Waals surface area contributed by atoms with Crippen LogP contribution in [0, 0.1) is 6.92 Å². The van der Waals surface area contributed by atoms with Gasteiger partial charge in [-0.25, -0.2) is 4.98 Å². The van der Waals surface area contributed by atoms with Crippen molar-refractivity contribution in [2.75, 3.05) is 17.7 Å². The molecule has 2 N–H and O–H groups in total. The molecule has 9 nitrogen and oxygen atoms in total. The highest BCUT2D eigenvalue weighted by Gasteiger charge is 2.20. The number of hydrogen-bond acceptors (Lipinski definition) is 8. The van der Waals surface area contributed by atoms with Crippen molar-refractivity contribution >= 4 is 45.7 Å². The molecule has 2 heterocycles. The van der Waals surface area contributed by atoms with Gasteiger partial charge in [-0.3, -0.25) is 9.59 Å². The van der Waals surface area contributed by atoms with Gasteiger partial charge in [-0.15, -0.1) is 21.5 Å². The number of anilines is 2. The summed E-state index contributed by atoms with van der Waals surface area (Å²) in [5.41, 5.74) is 1.53. The fourth-order valence-corrected chi connectivity index (χ4v) is 3.98. The van der Waals surface area contributed by atoms with E-state index in [2.05, 4.69) is 25.8 Å². The molecule has 2 aromatic heterocycles. The Kier molecular flexibility index (Phi) is 7.06. The highest BCUT2D eigenvalue weighted by atomic mass is 32.2. The van der Waals surface area contributed by atoms with E-state index in [1.165, 1.54) is 23.1 Å². The van der Waals surface area contributed by atoms with Crippen LogP contribution in [0.5, 0.6) is 5.75 Å². The zero-order chi connectivity index (χ0) is 21.7. The van der Waals surface area contributed by atoms with Gasteiger partial charge < -0.3 is 19.9 Å². The van der Waals surface area contributed by atoms with Crippen LogP contribution in [0.3, 0.4) is 0 Å². The number of methoxy groups -OCH3 is 1. The molecule has 1 aromatic carbocycles. The first-order valence-electron chi connectivity index (χ1n) is 9.07. The lowest BCUT2D eigenvalue weighted by molar-refractivity contribution is -0.116. The van der Waals surface area contributed by atoms with Gasteiger partial charge in [-0.1, -0.05) is 11.8 Å². The number of nitrogens with one attached hydrogen (secondary N) is 2. The predicted molar refractivity (Wildman–Crippen MR) is 117 cm³/mol. The van der Waals surface area contributed by atoms with Gasteiger partial charge in [-0.05, 0) is 38.1 Å². The molecule has 0 spiro atoms. The Bertz CT molecular complexity index is 1030. The molecule has 30 heavy (non-hydrogen) atoms. The van der Waals surface area contributed by atoms with E-state index in [1.54, 1.807) is 49.9 Å². The average Bonchev–Trinajstić information content (AvgIpc) is 3.28. The highest BCUT2D eigenvalue weighted by Crippen LogP contribution is 2.24. The number of thiazole rings is 1. The number of carbonyl (C=O) groups excluding carboxylic acids is 2. The lowest BCUT2D eigenvalue weighted by Crippen LogP contribution is -2.23. The molecule has 158 valence electrons. The Balaban J connectivity index is 1.56. The van der Waals surface area contributed by atoms with Crippen LogP contribution in [0.1, 0.15) is 18.4 Å². The van der Waals surface area contributed by atoms with Crippen molar-refractivity contribution < 1.29 is 14.3 Å². The maximum atomic E-state index is 12.4. The Hall–Kier alpha value is -2.92. The summed E-state index contributed by atoms with van der Waals surface area (Å²) in [6.45, 7) is 3.65. The summed E-state index contributed by atoms with van der Waals surface area (Å²) in [6.07, 6.45) is 0.0645. The predicted octanol–water partition coefficient (Wildman–Crippen LogP) is 2.89. The molecule has 11 heteroatoms. The normalized spacial score (nSPS) is 11.7. The molecule has 0 aliphatic rings. The molecule has 0 aliphatic heterocycles. The zero-order valence-electron chi connectivity index (χ0n) is 17.0. The third kappa shape index (κ3) is 5.57. The number of carbonyl (C=O) groups is 2. The standard InChI is InChI=1S/C19H22N6O3S2/c1-11-10-29-18(20-11)22-17(27)12(2)30-19-24-23-15(25(19)3)9-16(26)21-13-5-7-14(28-4)8-6-13/h5-8,10,12H,9H2,1-4H3,(H,21,26)(H,20,22,27)/t12-/m0/s1. The van der Waals surface area contributed by atoms with Crippen molar-refractivity contribution in [2.24, 2.45) is 7.05 Å². The Morgan fingerprint density at radius 2 is 1.97 bits per heavy atom. The van der Waals surface area contributed by atoms with Gasteiger partial charge in [0.05, 0.1) is 24.5 Å². The first-order valence-corrected chi connectivity index (χ1v) is 10.8. The van der Waals surface area contributed by atoms with Crippen molar-refractivity contribution in [2.45, 2.75) is 30.7 Å². The van der Waals surface area contributed by atoms with Crippen LogP contribution in [0.4, 0.5) is 10.8 Å². The number of aromatic nitrogens is 4. The van der Waals surface area contributed by atoms with Crippen LogP contribution in [0.2, 0.25) is 0 Å². The van der Waals surface area contributed by atoms with E-state index in [1.807, 2.05) is 12.3 Å². The van der Waals surface area contributed by atoms with Crippen molar-refractivity contribution in [1.82, 2.24) is 19.7 Å². The Morgan fingerprint density at radius 3 is 2.60 bits per heavy atom. The van der Waals surface area contributed by atoms with Gasteiger partial charge >= 0.3 is 0 Å². The molecule has 0 unspecified atom stereocenters. The van der Waals surface area contributed by atoms with E-state index in [9.17, 15) is 9.59 Å². The smallest absolute Gasteiger partial charge is 0.239 e. The molecule has 0 saturated heterocycles. The van der Waals surface area contributed by atoms with Crippen molar-refractivity contribution in [3.63, 3.8) is 0 Å². The van der Waals surface area contributed by atoms with Gasteiger partial charge in [0, 0.05) is 18.1 Å². The quantitative estimate of drug-likeness (QED) is 0.512. The molecule has 0 aliphatic carbocycles. The molecular weight excluding hydrogens is 424 g/mol. The Morgan fingerprint density at radius 1 is 1.23 bits per heavy atom. The van der Waals surface area contributed by atoms with Gasteiger partial charge in [0.15, 0.2) is 10.3 Å². The Labute approximate surface area is 182 Å². The zero-order valence-corrected chi connectivity index (χ0v) is 18.6. The number of benzene rings is 1. The molecule has 0 radical (unpaired) electrons. The van der Waals surface area contributed by atoms with Crippen molar-refractivity contribution in [1.29, 1.82) is 0 Å². The van der Waals surface area contributed by atoms with E-state index < -0.39 is 5.25 Å². The second kappa shape index (κ2) is 9.72. The lowest BCUT2D eigenvalue weighted by Gasteiger charge is -2.10. The van der Waals surface area contributed by atoms with Gasteiger partial charge in [0.1, 0.15) is 11.6 Å². The summed E-state index contributed by atoms with van der Waals surface area (Å²) in [6, 6.07) is 7.07. The second-order valence-electron chi connectivity index (χ2n) is 6.45. The van der Waals surface area contributed by atoms with E-state index in [-0.39, 0.29) is 18.2 Å². The minimum atomic E-state index is -0.405. The number of amides is 2. The SMILES string of the molecule is COc1ccc(NC(=O)Cc2nnc(S[C@@H](C)C(=O)Nc3nc(C)cs3)n2C)cc1. The summed E-state index contributed by atoms with van der Waals surface area (Å²) in [5.74, 6) is 0.839. The van der Waals surface area contributed by atoms with Crippen molar-refractivity contribution in [3.05, 3.63) is 41.2 Å². The average molecular weight is 447 g/mol. The van der Waals surface area contributed by atoms with Crippen LogP contribution in [0.25, 0.3) is 0 Å². The molecule has 0 saturated carbocycles. The fraction of sp³-hybridized carbons (Fsp3) is 0.316. The molecule has 0 bridgehead atoms. The third-order valence-corrected chi connectivity index (χ3v) is 6.13. The summed E-state index contributed by atoms with van der Waals surface area (Å²) in [5, 5.41) is 16.4. The maximum absolute atomic E-state index is 12.4. The van der Waals surface area contributed by atoms with Crippen molar-refractivity contribution in [3.8, 4) is 5.75 Å². The van der Waals surface area contributed by atoms with Crippen LogP contribution in [-0.2, 0) is 23.1 Å². The molecule has 3 rings (SSSR count). The van der Waals surface area contributed by atoms with Crippen LogP contribution in [0.15, 0.2) is 34.8 Å². The van der Waals surface area contributed by atoms with E-state index in [0.29, 0.717) is 27.5 Å². The molecule has 1 atom stereocenters. The number of hydrogen-bond donors (Lipinski definition) is 2. The van der Waals surface area contributed by atoms with Gasteiger partial charge in [0.2, 0.25) is 11.8 Å². The molecule has 2 amide bonds. The van der Waals surface area contributed by atoms with E-state index in [4.69, 9.17) is 4.74 Å². The molecule has 0 fully saturated rings. The third-order valence-electron chi connectivity index (χ3n) is 4.12. The second-order valence-corrected chi connectivity index (χ2v) is 8.62. The van der Waals surface area contributed by atoms with E-state index >= 15 is 0 Å². The van der Waals surface area contributed by atoms with Crippen LogP contribution < -0.4 is 15.4 Å². The maximum Gasteiger partial charge on any atom is 0.239 e. The van der Waals surface area contributed by atoms with Gasteiger partial charge in [-0.2, -0.15) is 0 Å². The summed E-state index contributed by atoms with van der Waals surface area (Å²) in [4.78, 5) is 28.9. The van der Waals surface area contributed by atoms with Crippen LogP contribution in [-0.4, -0.2) is 43.9 Å². The monoisotopic (exact) mass is 446 g/mol.